The monoisotopic (exact) mass is 322 g/mol. The Morgan fingerprint density at radius 1 is 1.60 bits per heavy atom. The average Bonchev–Trinajstić information content (AvgIpc) is 2.84. The van der Waals surface area contributed by atoms with Crippen molar-refractivity contribution in [2.45, 2.75) is 57.2 Å². The molecule has 0 bridgehead atoms. The number of amides is 1. The van der Waals surface area contributed by atoms with E-state index in [1.165, 1.54) is 5.75 Å². The van der Waals surface area contributed by atoms with Gasteiger partial charge in [-0.25, -0.2) is 0 Å². The summed E-state index contributed by atoms with van der Waals surface area (Å²) in [5.41, 5.74) is 6.00. The molecule has 2 saturated heterocycles. The second-order valence-electron chi connectivity index (χ2n) is 5.94. The van der Waals surface area contributed by atoms with Crippen molar-refractivity contribution in [1.82, 2.24) is 5.32 Å². The van der Waals surface area contributed by atoms with Crippen molar-refractivity contribution >= 4 is 30.1 Å². The highest BCUT2D eigenvalue weighted by molar-refractivity contribution is 7.99. The topological polar surface area (TPSA) is 64.4 Å². The number of ether oxygens (including phenoxy) is 1. The standard InChI is InChI=1S/C14H26N2O2S.ClH/c1-3-10(2)12(15)13(17)16-11-4-6-18-14(8-11)5-7-19-9-14;/h10-12H,3-9,15H2,1-2H3,(H,16,17);1H. The average molecular weight is 323 g/mol. The molecular formula is C14H27ClN2O2S. The van der Waals surface area contributed by atoms with Crippen LogP contribution in [-0.4, -0.2) is 41.7 Å². The Bertz CT molecular complexity index is 324. The third kappa shape index (κ3) is 4.26. The van der Waals surface area contributed by atoms with E-state index in [4.69, 9.17) is 10.5 Å². The molecule has 0 aromatic rings. The Morgan fingerprint density at radius 2 is 2.35 bits per heavy atom. The van der Waals surface area contributed by atoms with Crippen LogP contribution in [0.15, 0.2) is 0 Å². The largest absolute Gasteiger partial charge is 0.374 e. The highest BCUT2D eigenvalue weighted by Gasteiger charge is 2.41. The van der Waals surface area contributed by atoms with Gasteiger partial charge in [-0.1, -0.05) is 20.3 Å². The second-order valence-corrected chi connectivity index (χ2v) is 7.05. The van der Waals surface area contributed by atoms with Crippen LogP contribution in [0.1, 0.15) is 39.5 Å². The van der Waals surface area contributed by atoms with Crippen LogP contribution in [0.2, 0.25) is 0 Å². The molecule has 6 heteroatoms. The first-order chi connectivity index (χ1) is 9.06. The Morgan fingerprint density at radius 3 is 2.95 bits per heavy atom. The van der Waals surface area contributed by atoms with Gasteiger partial charge in [-0.05, 0) is 30.9 Å². The fraction of sp³-hybridized carbons (Fsp3) is 0.929. The van der Waals surface area contributed by atoms with E-state index < -0.39 is 0 Å². The predicted octanol–water partition coefficient (Wildman–Crippen LogP) is 1.95. The fourth-order valence-electron chi connectivity index (χ4n) is 2.82. The molecule has 0 saturated carbocycles. The van der Waals surface area contributed by atoms with Crippen LogP contribution in [0.3, 0.4) is 0 Å². The third-order valence-electron chi connectivity index (χ3n) is 4.47. The summed E-state index contributed by atoms with van der Waals surface area (Å²) in [7, 11) is 0. The van der Waals surface area contributed by atoms with Crippen LogP contribution in [0.4, 0.5) is 0 Å². The first-order valence-corrected chi connectivity index (χ1v) is 8.49. The van der Waals surface area contributed by atoms with E-state index in [0.717, 1.165) is 38.0 Å². The van der Waals surface area contributed by atoms with Gasteiger partial charge < -0.3 is 15.8 Å². The van der Waals surface area contributed by atoms with Crippen molar-refractivity contribution in [3.8, 4) is 0 Å². The molecule has 0 aromatic heterocycles. The van der Waals surface area contributed by atoms with Crippen LogP contribution in [0, 0.1) is 5.92 Å². The maximum Gasteiger partial charge on any atom is 0.237 e. The van der Waals surface area contributed by atoms with Crippen molar-refractivity contribution in [1.29, 1.82) is 0 Å². The lowest BCUT2D eigenvalue weighted by Crippen LogP contribution is -2.53. The molecular weight excluding hydrogens is 296 g/mol. The SMILES string of the molecule is CCC(C)C(N)C(=O)NC1CCOC2(CCSC2)C1.Cl. The molecule has 0 radical (unpaired) electrons. The normalized spacial score (nSPS) is 32.5. The van der Waals surface area contributed by atoms with Gasteiger partial charge in [0.15, 0.2) is 0 Å². The molecule has 1 spiro atoms. The maximum absolute atomic E-state index is 12.1. The predicted molar refractivity (Wildman–Crippen MR) is 86.5 cm³/mol. The van der Waals surface area contributed by atoms with Crippen LogP contribution in [-0.2, 0) is 9.53 Å². The fourth-order valence-corrected chi connectivity index (χ4v) is 4.20. The molecule has 2 aliphatic heterocycles. The Balaban J connectivity index is 0.00000200. The van der Waals surface area contributed by atoms with E-state index in [1.54, 1.807) is 0 Å². The molecule has 2 rings (SSSR count). The number of nitrogens with one attached hydrogen (secondary N) is 1. The zero-order chi connectivity index (χ0) is 13.9. The Kier molecular flexibility index (Phi) is 7.12. The number of halogens is 1. The van der Waals surface area contributed by atoms with E-state index in [-0.39, 0.29) is 41.9 Å². The van der Waals surface area contributed by atoms with Crippen LogP contribution in [0.5, 0.6) is 0 Å². The molecule has 1 amide bonds. The summed E-state index contributed by atoms with van der Waals surface area (Å²) in [6, 6.07) is -0.156. The molecule has 20 heavy (non-hydrogen) atoms. The molecule has 2 heterocycles. The molecule has 4 unspecified atom stereocenters. The van der Waals surface area contributed by atoms with Crippen molar-refractivity contribution in [2.75, 3.05) is 18.1 Å². The van der Waals surface area contributed by atoms with Crippen molar-refractivity contribution in [2.24, 2.45) is 11.7 Å². The molecule has 0 aromatic carbocycles. The quantitative estimate of drug-likeness (QED) is 0.830. The van der Waals surface area contributed by atoms with E-state index in [1.807, 2.05) is 18.7 Å². The molecule has 4 atom stereocenters. The minimum absolute atomic E-state index is 0. The summed E-state index contributed by atoms with van der Waals surface area (Å²) < 4.78 is 5.96. The van der Waals surface area contributed by atoms with Crippen LogP contribution >= 0.6 is 24.2 Å². The Hall–Kier alpha value is 0.0300. The molecule has 118 valence electrons. The van der Waals surface area contributed by atoms with Gasteiger partial charge in [-0.2, -0.15) is 11.8 Å². The maximum atomic E-state index is 12.1. The highest BCUT2D eigenvalue weighted by atomic mass is 35.5. The number of carbonyl (C=O) groups is 1. The summed E-state index contributed by atoms with van der Waals surface area (Å²) in [5.74, 6) is 2.47. The van der Waals surface area contributed by atoms with Crippen molar-refractivity contribution in [3.05, 3.63) is 0 Å². The molecule has 4 nitrogen and oxygen atoms in total. The van der Waals surface area contributed by atoms with Crippen molar-refractivity contribution < 1.29 is 9.53 Å². The lowest BCUT2D eigenvalue weighted by molar-refractivity contribution is -0.126. The van der Waals surface area contributed by atoms with Gasteiger partial charge in [-0.3, -0.25) is 4.79 Å². The van der Waals surface area contributed by atoms with E-state index >= 15 is 0 Å². The van der Waals surface area contributed by atoms with Gasteiger partial charge in [0.25, 0.3) is 0 Å². The lowest BCUT2D eigenvalue weighted by Gasteiger charge is -2.38. The summed E-state index contributed by atoms with van der Waals surface area (Å²) in [6.07, 6.45) is 3.90. The first kappa shape index (κ1) is 18.1. The molecule has 2 aliphatic rings. The summed E-state index contributed by atoms with van der Waals surface area (Å²) in [5, 5.41) is 3.13. The zero-order valence-electron chi connectivity index (χ0n) is 12.4. The lowest BCUT2D eigenvalue weighted by atomic mass is 9.89. The number of carbonyl (C=O) groups excluding carboxylic acids is 1. The van der Waals surface area contributed by atoms with Gasteiger partial charge in [-0.15, -0.1) is 12.4 Å². The summed E-state index contributed by atoms with van der Waals surface area (Å²) in [4.78, 5) is 12.1. The molecule has 2 fully saturated rings. The van der Waals surface area contributed by atoms with Gasteiger partial charge in [0.05, 0.1) is 11.6 Å². The van der Waals surface area contributed by atoms with Gasteiger partial charge >= 0.3 is 0 Å². The Labute approximate surface area is 132 Å². The minimum Gasteiger partial charge on any atom is -0.374 e. The smallest absolute Gasteiger partial charge is 0.237 e. The van der Waals surface area contributed by atoms with Gasteiger partial charge in [0.1, 0.15) is 0 Å². The summed E-state index contributed by atoms with van der Waals surface area (Å²) >= 11 is 1.95. The second kappa shape index (κ2) is 7.87. The summed E-state index contributed by atoms with van der Waals surface area (Å²) in [6.45, 7) is 4.85. The number of hydrogen-bond donors (Lipinski definition) is 2. The number of nitrogens with two attached hydrogens (primary N) is 1. The third-order valence-corrected chi connectivity index (χ3v) is 5.69. The van der Waals surface area contributed by atoms with Crippen LogP contribution in [0.25, 0.3) is 0 Å². The van der Waals surface area contributed by atoms with Crippen molar-refractivity contribution in [3.63, 3.8) is 0 Å². The highest BCUT2D eigenvalue weighted by Crippen LogP contribution is 2.38. The molecule has 3 N–H and O–H groups in total. The van der Waals surface area contributed by atoms with E-state index in [2.05, 4.69) is 12.2 Å². The van der Waals surface area contributed by atoms with E-state index in [9.17, 15) is 4.79 Å². The number of rotatable bonds is 4. The zero-order valence-corrected chi connectivity index (χ0v) is 14.0. The minimum atomic E-state index is -0.387. The van der Waals surface area contributed by atoms with E-state index in [0.29, 0.717) is 0 Å². The van der Waals surface area contributed by atoms with Gasteiger partial charge in [0.2, 0.25) is 5.91 Å². The van der Waals surface area contributed by atoms with Gasteiger partial charge in [0, 0.05) is 18.4 Å². The van der Waals surface area contributed by atoms with Crippen LogP contribution < -0.4 is 11.1 Å². The number of thioether (sulfide) groups is 1. The first-order valence-electron chi connectivity index (χ1n) is 7.34. The molecule has 0 aliphatic carbocycles. The number of hydrogen-bond acceptors (Lipinski definition) is 4.